The van der Waals surface area contributed by atoms with Gasteiger partial charge < -0.3 is 10.8 Å². The molecule has 3 atom stereocenters. The van der Waals surface area contributed by atoms with Crippen molar-refractivity contribution < 1.29 is 17.7 Å². The van der Waals surface area contributed by atoms with Crippen LogP contribution in [-0.2, 0) is 14.5 Å². The number of aliphatic hydroxyl groups is 1. The minimum atomic E-state index is -3.99. The number of nitrogens with zero attached hydrogens (tertiary/aromatic N) is 2. The molecule has 120 valence electrons. The molecule has 0 aliphatic heterocycles. The van der Waals surface area contributed by atoms with Crippen molar-refractivity contribution in [2.24, 2.45) is 11.1 Å². The summed E-state index contributed by atoms with van der Waals surface area (Å²) in [6, 6.07) is 0. The summed E-state index contributed by atoms with van der Waals surface area (Å²) in [5.41, 5.74) is 7.63. The maximum Gasteiger partial charge on any atom is 0.333 e. The number of hydrogen-bond donors (Lipinski definition) is 3. The first kappa shape index (κ1) is 15.6. The Labute approximate surface area is 131 Å². The highest BCUT2D eigenvalue weighted by atomic mass is 32.2. The van der Waals surface area contributed by atoms with Crippen molar-refractivity contribution in [1.29, 1.82) is 0 Å². The van der Waals surface area contributed by atoms with E-state index in [4.69, 9.17) is 10.9 Å². The second kappa shape index (κ2) is 5.70. The maximum absolute atomic E-state index is 10.9. The van der Waals surface area contributed by atoms with E-state index in [0.29, 0.717) is 18.7 Å². The lowest BCUT2D eigenvalue weighted by Crippen LogP contribution is -2.24. The first-order valence-electron chi connectivity index (χ1n) is 6.68. The van der Waals surface area contributed by atoms with Gasteiger partial charge in [0, 0.05) is 5.92 Å². The lowest BCUT2D eigenvalue weighted by Gasteiger charge is -2.12. The summed E-state index contributed by atoms with van der Waals surface area (Å²) in [5.74, 6) is 0.235. The summed E-state index contributed by atoms with van der Waals surface area (Å²) < 4.78 is 27.2. The van der Waals surface area contributed by atoms with E-state index in [1.54, 1.807) is 0 Å². The molecule has 1 aliphatic rings. The highest BCUT2D eigenvalue weighted by molar-refractivity contribution is 7.84. The normalized spacial score (nSPS) is 25.8. The van der Waals surface area contributed by atoms with Gasteiger partial charge in [0.15, 0.2) is 0 Å². The standard InChI is InChI=1S/C12H16N4O4S2/c13-12-11-10(15-5-16-12)8(4-21-11)6-1-7(9(17)2-6)3-20-22(14,18)19/h4-7,9,17H,1-3H2,(H2,13,15,16)(H2,14,18,19)/t6-,7+,9+/m1/s1. The number of anilines is 1. The Kier molecular flexibility index (Phi) is 4.03. The van der Waals surface area contributed by atoms with Gasteiger partial charge in [0.1, 0.15) is 12.1 Å². The van der Waals surface area contributed by atoms with Gasteiger partial charge >= 0.3 is 10.3 Å². The molecule has 0 aromatic carbocycles. The molecule has 1 saturated carbocycles. The minimum absolute atomic E-state index is 0.0760. The molecule has 1 aliphatic carbocycles. The molecule has 0 bridgehead atoms. The SMILES string of the molecule is Nc1ncnc2c([C@@H]3C[C@@H](COS(N)(=O)=O)[C@@H](O)C3)csc12. The zero-order valence-electron chi connectivity index (χ0n) is 11.5. The van der Waals surface area contributed by atoms with Crippen LogP contribution < -0.4 is 10.9 Å². The van der Waals surface area contributed by atoms with E-state index in [1.165, 1.54) is 17.7 Å². The summed E-state index contributed by atoms with van der Waals surface area (Å²) >= 11 is 1.47. The third kappa shape index (κ3) is 3.06. The van der Waals surface area contributed by atoms with Crippen LogP contribution >= 0.6 is 11.3 Å². The van der Waals surface area contributed by atoms with E-state index in [-0.39, 0.29) is 18.4 Å². The highest BCUT2D eigenvalue weighted by Gasteiger charge is 2.36. The van der Waals surface area contributed by atoms with Crippen molar-refractivity contribution in [3.05, 3.63) is 17.3 Å². The molecular formula is C12H16N4O4S2. The predicted molar refractivity (Wildman–Crippen MR) is 82.4 cm³/mol. The smallest absolute Gasteiger partial charge is 0.333 e. The molecular weight excluding hydrogens is 328 g/mol. The Hall–Kier alpha value is -1.33. The number of nitrogens with two attached hydrogens (primary N) is 2. The van der Waals surface area contributed by atoms with Crippen molar-refractivity contribution in [3.8, 4) is 0 Å². The summed E-state index contributed by atoms with van der Waals surface area (Å²) in [5, 5.41) is 16.9. The molecule has 10 heteroatoms. The molecule has 0 amide bonds. The average Bonchev–Trinajstić information content (AvgIpc) is 3.00. The van der Waals surface area contributed by atoms with Crippen LogP contribution in [0.1, 0.15) is 24.3 Å². The maximum atomic E-state index is 10.9. The molecule has 0 saturated heterocycles. The van der Waals surface area contributed by atoms with Gasteiger partial charge in [0.25, 0.3) is 0 Å². The molecule has 1 fully saturated rings. The molecule has 0 radical (unpaired) electrons. The van der Waals surface area contributed by atoms with E-state index < -0.39 is 16.4 Å². The van der Waals surface area contributed by atoms with Gasteiger partial charge in [-0.3, -0.25) is 4.18 Å². The molecule has 8 nitrogen and oxygen atoms in total. The molecule has 22 heavy (non-hydrogen) atoms. The van der Waals surface area contributed by atoms with Crippen LogP contribution in [0, 0.1) is 5.92 Å². The first-order chi connectivity index (χ1) is 10.3. The lowest BCUT2D eigenvalue weighted by atomic mass is 9.98. The molecule has 0 unspecified atom stereocenters. The number of thiophene rings is 1. The molecule has 2 aromatic rings. The Bertz CT molecular complexity index is 792. The number of nitrogen functional groups attached to an aromatic ring is 1. The van der Waals surface area contributed by atoms with Gasteiger partial charge in [-0.2, -0.15) is 8.42 Å². The Morgan fingerprint density at radius 3 is 2.91 bits per heavy atom. The van der Waals surface area contributed by atoms with Crippen LogP contribution in [0.25, 0.3) is 10.2 Å². The quantitative estimate of drug-likeness (QED) is 0.726. The fourth-order valence-electron chi connectivity index (χ4n) is 2.89. The van der Waals surface area contributed by atoms with Gasteiger partial charge in [-0.1, -0.05) is 0 Å². The van der Waals surface area contributed by atoms with Crippen LogP contribution in [0.4, 0.5) is 5.82 Å². The zero-order valence-corrected chi connectivity index (χ0v) is 13.2. The van der Waals surface area contributed by atoms with Crippen molar-refractivity contribution in [3.63, 3.8) is 0 Å². The summed E-state index contributed by atoms with van der Waals surface area (Å²) in [4.78, 5) is 8.23. The van der Waals surface area contributed by atoms with Gasteiger partial charge in [0.05, 0.1) is 22.9 Å². The van der Waals surface area contributed by atoms with Crippen molar-refractivity contribution in [2.75, 3.05) is 12.3 Å². The first-order valence-corrected chi connectivity index (χ1v) is 9.03. The van der Waals surface area contributed by atoms with Gasteiger partial charge in [-0.15, -0.1) is 11.3 Å². The Morgan fingerprint density at radius 2 is 2.18 bits per heavy atom. The van der Waals surface area contributed by atoms with E-state index in [1.807, 2.05) is 5.38 Å². The number of hydrogen-bond acceptors (Lipinski definition) is 8. The second-order valence-electron chi connectivity index (χ2n) is 5.40. The average molecular weight is 344 g/mol. The van der Waals surface area contributed by atoms with E-state index in [9.17, 15) is 13.5 Å². The van der Waals surface area contributed by atoms with Crippen molar-refractivity contribution in [2.45, 2.75) is 24.9 Å². The largest absolute Gasteiger partial charge is 0.393 e. The minimum Gasteiger partial charge on any atom is -0.393 e. The molecule has 3 rings (SSSR count). The number of rotatable bonds is 4. The number of aliphatic hydroxyl groups excluding tert-OH is 1. The fraction of sp³-hybridized carbons (Fsp3) is 0.500. The fourth-order valence-corrected chi connectivity index (χ4v) is 4.26. The van der Waals surface area contributed by atoms with Crippen LogP contribution in [0.15, 0.2) is 11.7 Å². The van der Waals surface area contributed by atoms with Crippen LogP contribution in [0.3, 0.4) is 0 Å². The summed E-state index contributed by atoms with van der Waals surface area (Å²) in [6.07, 6.45) is 1.91. The van der Waals surface area contributed by atoms with E-state index in [0.717, 1.165) is 15.8 Å². The van der Waals surface area contributed by atoms with Crippen LogP contribution in [0.5, 0.6) is 0 Å². The predicted octanol–water partition coefficient (Wildman–Crippen LogP) is 0.348. The molecule has 0 spiro atoms. The van der Waals surface area contributed by atoms with Gasteiger partial charge in [-0.25, -0.2) is 15.1 Å². The zero-order chi connectivity index (χ0) is 15.9. The number of fused-ring (bicyclic) bond motifs is 1. The Balaban J connectivity index is 1.80. The molecule has 2 aromatic heterocycles. The van der Waals surface area contributed by atoms with Gasteiger partial charge in [0.2, 0.25) is 0 Å². The summed E-state index contributed by atoms with van der Waals surface area (Å²) in [6.45, 7) is -0.115. The molecule has 5 N–H and O–H groups in total. The van der Waals surface area contributed by atoms with E-state index in [2.05, 4.69) is 14.2 Å². The monoisotopic (exact) mass is 344 g/mol. The van der Waals surface area contributed by atoms with Crippen molar-refractivity contribution in [1.82, 2.24) is 9.97 Å². The van der Waals surface area contributed by atoms with E-state index >= 15 is 0 Å². The summed E-state index contributed by atoms with van der Waals surface area (Å²) in [7, 11) is -3.99. The Morgan fingerprint density at radius 1 is 1.41 bits per heavy atom. The van der Waals surface area contributed by atoms with Gasteiger partial charge in [-0.05, 0) is 29.7 Å². The number of aromatic nitrogens is 2. The van der Waals surface area contributed by atoms with Crippen molar-refractivity contribution >= 4 is 37.7 Å². The highest BCUT2D eigenvalue weighted by Crippen LogP contribution is 2.43. The second-order valence-corrected chi connectivity index (χ2v) is 7.50. The van der Waals surface area contributed by atoms with Crippen LogP contribution in [0.2, 0.25) is 0 Å². The topological polar surface area (TPSA) is 141 Å². The van der Waals surface area contributed by atoms with Crippen LogP contribution in [-0.4, -0.2) is 36.2 Å². The third-order valence-electron chi connectivity index (χ3n) is 3.95. The molecule has 2 heterocycles. The third-order valence-corrected chi connectivity index (χ3v) is 5.43. The lowest BCUT2D eigenvalue weighted by molar-refractivity contribution is 0.101.